The minimum absolute atomic E-state index is 0.119. The Bertz CT molecular complexity index is 318. The lowest BCUT2D eigenvalue weighted by Crippen LogP contribution is -2.24. The normalized spacial score (nSPS) is 20.1. The molecule has 1 atom stereocenters. The van der Waals surface area contributed by atoms with Gasteiger partial charge >= 0.3 is 0 Å². The van der Waals surface area contributed by atoms with Crippen LogP contribution in [0.4, 0.5) is 4.39 Å². The number of rotatable bonds is 2. The summed E-state index contributed by atoms with van der Waals surface area (Å²) < 4.78 is 13.5. The molecule has 0 aliphatic heterocycles. The van der Waals surface area contributed by atoms with E-state index < -0.39 is 0 Å². The second kappa shape index (κ2) is 4.75. The summed E-state index contributed by atoms with van der Waals surface area (Å²) in [4.78, 5) is 0. The van der Waals surface area contributed by atoms with Crippen LogP contribution in [0.3, 0.4) is 0 Å². The van der Waals surface area contributed by atoms with Gasteiger partial charge in [-0.2, -0.15) is 0 Å². The topological polar surface area (TPSA) is 26.0 Å². The largest absolute Gasteiger partial charge is 0.324 e. The highest BCUT2D eigenvalue weighted by Crippen LogP contribution is 2.33. The Kier molecular flexibility index (Phi) is 3.37. The highest BCUT2D eigenvalue weighted by molar-refractivity contribution is 5.21. The van der Waals surface area contributed by atoms with Crippen molar-refractivity contribution in [2.75, 3.05) is 0 Å². The van der Waals surface area contributed by atoms with Crippen LogP contribution in [-0.4, -0.2) is 0 Å². The monoisotopic (exact) mass is 207 g/mol. The third-order valence-electron chi connectivity index (χ3n) is 3.42. The smallest absolute Gasteiger partial charge is 0.127 e. The first-order valence-electron chi connectivity index (χ1n) is 5.79. The molecular formula is C13H18FN. The Morgan fingerprint density at radius 1 is 1.13 bits per heavy atom. The van der Waals surface area contributed by atoms with E-state index in [1.165, 1.54) is 25.3 Å². The molecular weight excluding hydrogens is 189 g/mol. The van der Waals surface area contributed by atoms with Gasteiger partial charge in [-0.15, -0.1) is 0 Å². The molecule has 1 aromatic carbocycles. The van der Waals surface area contributed by atoms with Crippen molar-refractivity contribution in [2.24, 2.45) is 11.7 Å². The van der Waals surface area contributed by atoms with Gasteiger partial charge in [-0.1, -0.05) is 37.5 Å². The minimum Gasteiger partial charge on any atom is -0.324 e. The van der Waals surface area contributed by atoms with Crippen molar-refractivity contribution in [1.29, 1.82) is 0 Å². The standard InChI is InChI=1S/C13H18FN/c14-12-9-5-4-8-11(12)13(15)10-6-2-1-3-7-10/h4-5,8-10,13H,1-3,6-7,15H2. The van der Waals surface area contributed by atoms with Crippen LogP contribution in [0.2, 0.25) is 0 Å². The van der Waals surface area contributed by atoms with Gasteiger partial charge in [0.15, 0.2) is 0 Å². The maximum Gasteiger partial charge on any atom is 0.127 e. The predicted molar refractivity (Wildman–Crippen MR) is 59.9 cm³/mol. The molecule has 0 bridgehead atoms. The maximum atomic E-state index is 13.5. The van der Waals surface area contributed by atoms with Crippen molar-refractivity contribution >= 4 is 0 Å². The predicted octanol–water partition coefficient (Wildman–Crippen LogP) is 3.41. The molecule has 1 nitrogen and oxygen atoms in total. The van der Waals surface area contributed by atoms with E-state index in [2.05, 4.69) is 0 Å². The molecule has 0 spiro atoms. The zero-order valence-corrected chi connectivity index (χ0v) is 8.95. The lowest BCUT2D eigenvalue weighted by Gasteiger charge is -2.27. The molecule has 1 aliphatic carbocycles. The lowest BCUT2D eigenvalue weighted by molar-refractivity contribution is 0.303. The number of hydrogen-bond acceptors (Lipinski definition) is 1. The second-order valence-electron chi connectivity index (χ2n) is 4.45. The van der Waals surface area contributed by atoms with Crippen molar-refractivity contribution in [1.82, 2.24) is 0 Å². The molecule has 0 radical (unpaired) electrons. The van der Waals surface area contributed by atoms with E-state index in [4.69, 9.17) is 5.73 Å². The molecule has 1 unspecified atom stereocenters. The first kappa shape index (κ1) is 10.6. The molecule has 82 valence electrons. The summed E-state index contributed by atoms with van der Waals surface area (Å²) in [6.07, 6.45) is 6.09. The molecule has 15 heavy (non-hydrogen) atoms. The fraction of sp³-hybridized carbons (Fsp3) is 0.538. The first-order valence-corrected chi connectivity index (χ1v) is 5.79. The van der Waals surface area contributed by atoms with Crippen molar-refractivity contribution in [3.63, 3.8) is 0 Å². The summed E-state index contributed by atoms with van der Waals surface area (Å²) in [5, 5.41) is 0. The van der Waals surface area contributed by atoms with Gasteiger partial charge in [-0.3, -0.25) is 0 Å². The van der Waals surface area contributed by atoms with Gasteiger partial charge < -0.3 is 5.73 Å². The van der Waals surface area contributed by atoms with Gasteiger partial charge in [0.05, 0.1) is 0 Å². The van der Waals surface area contributed by atoms with Gasteiger partial charge in [0.2, 0.25) is 0 Å². The summed E-state index contributed by atoms with van der Waals surface area (Å²) >= 11 is 0. The fourth-order valence-corrected chi connectivity index (χ4v) is 2.49. The molecule has 0 aromatic heterocycles. The van der Waals surface area contributed by atoms with Crippen molar-refractivity contribution < 1.29 is 4.39 Å². The third kappa shape index (κ3) is 2.37. The van der Waals surface area contributed by atoms with Gasteiger partial charge in [0, 0.05) is 11.6 Å². The molecule has 2 rings (SSSR count). The van der Waals surface area contributed by atoms with Crippen LogP contribution < -0.4 is 5.73 Å². The quantitative estimate of drug-likeness (QED) is 0.790. The van der Waals surface area contributed by atoms with E-state index in [1.54, 1.807) is 6.07 Å². The second-order valence-corrected chi connectivity index (χ2v) is 4.45. The van der Waals surface area contributed by atoms with E-state index in [0.717, 1.165) is 12.8 Å². The lowest BCUT2D eigenvalue weighted by atomic mass is 9.81. The molecule has 0 amide bonds. The summed E-state index contributed by atoms with van der Waals surface area (Å²) in [6.45, 7) is 0. The summed E-state index contributed by atoms with van der Waals surface area (Å²) in [7, 11) is 0. The molecule has 1 saturated carbocycles. The molecule has 1 aromatic rings. The molecule has 1 aliphatic rings. The zero-order chi connectivity index (χ0) is 10.7. The SMILES string of the molecule is NC(c1ccccc1F)C1CCCCC1. The van der Waals surface area contributed by atoms with Crippen LogP contribution in [0.25, 0.3) is 0 Å². The maximum absolute atomic E-state index is 13.5. The van der Waals surface area contributed by atoms with E-state index in [-0.39, 0.29) is 11.9 Å². The molecule has 2 heteroatoms. The van der Waals surface area contributed by atoms with Crippen molar-refractivity contribution in [2.45, 2.75) is 38.1 Å². The van der Waals surface area contributed by atoms with Crippen LogP contribution in [0.15, 0.2) is 24.3 Å². The average Bonchev–Trinajstić information content (AvgIpc) is 2.30. The zero-order valence-electron chi connectivity index (χ0n) is 8.95. The van der Waals surface area contributed by atoms with Gasteiger partial charge in [0.1, 0.15) is 5.82 Å². The number of benzene rings is 1. The molecule has 2 N–H and O–H groups in total. The van der Waals surface area contributed by atoms with Crippen LogP contribution in [0.1, 0.15) is 43.7 Å². The highest BCUT2D eigenvalue weighted by atomic mass is 19.1. The van der Waals surface area contributed by atoms with E-state index in [0.29, 0.717) is 11.5 Å². The molecule has 0 saturated heterocycles. The van der Waals surface area contributed by atoms with Crippen LogP contribution in [0, 0.1) is 11.7 Å². The van der Waals surface area contributed by atoms with Crippen LogP contribution >= 0.6 is 0 Å². The summed E-state index contributed by atoms with van der Waals surface area (Å²) in [5.74, 6) is 0.311. The number of halogens is 1. The van der Waals surface area contributed by atoms with Crippen LogP contribution in [0.5, 0.6) is 0 Å². The Hall–Kier alpha value is -0.890. The Labute approximate surface area is 90.5 Å². The van der Waals surface area contributed by atoms with E-state index in [9.17, 15) is 4.39 Å². The number of hydrogen-bond donors (Lipinski definition) is 1. The Morgan fingerprint density at radius 2 is 1.80 bits per heavy atom. The first-order chi connectivity index (χ1) is 7.29. The highest BCUT2D eigenvalue weighted by Gasteiger charge is 2.23. The van der Waals surface area contributed by atoms with E-state index in [1.807, 2.05) is 12.1 Å². The third-order valence-corrected chi connectivity index (χ3v) is 3.42. The van der Waals surface area contributed by atoms with Crippen molar-refractivity contribution in [3.8, 4) is 0 Å². The summed E-state index contributed by atoms with van der Waals surface area (Å²) in [6, 6.07) is 6.77. The number of nitrogens with two attached hydrogens (primary N) is 1. The van der Waals surface area contributed by atoms with Crippen LogP contribution in [-0.2, 0) is 0 Å². The van der Waals surface area contributed by atoms with Crippen molar-refractivity contribution in [3.05, 3.63) is 35.6 Å². The summed E-state index contributed by atoms with van der Waals surface area (Å²) in [5.41, 5.74) is 6.82. The minimum atomic E-state index is -0.157. The fourth-order valence-electron chi connectivity index (χ4n) is 2.49. The van der Waals surface area contributed by atoms with Gasteiger partial charge in [-0.05, 0) is 24.8 Å². The Balaban J connectivity index is 2.12. The van der Waals surface area contributed by atoms with Gasteiger partial charge in [-0.25, -0.2) is 4.39 Å². The van der Waals surface area contributed by atoms with E-state index >= 15 is 0 Å². The van der Waals surface area contributed by atoms with Gasteiger partial charge in [0.25, 0.3) is 0 Å². The molecule has 1 fully saturated rings. The Morgan fingerprint density at radius 3 is 2.47 bits per heavy atom. The average molecular weight is 207 g/mol. The molecule has 0 heterocycles.